The lowest BCUT2D eigenvalue weighted by atomic mass is 10.2. The molecule has 0 saturated heterocycles. The molecule has 0 unspecified atom stereocenters. The Hall–Kier alpha value is -2.38. The third-order valence-corrected chi connectivity index (χ3v) is 5.44. The molecule has 0 aliphatic heterocycles. The molecule has 1 heterocycles. The van der Waals surface area contributed by atoms with Gasteiger partial charge >= 0.3 is 0 Å². The van der Waals surface area contributed by atoms with E-state index in [9.17, 15) is 9.18 Å². The number of anilines is 1. The number of hydrogen-bond donors (Lipinski definition) is 2. The van der Waals surface area contributed by atoms with Crippen molar-refractivity contribution in [3.05, 3.63) is 66.0 Å². The van der Waals surface area contributed by atoms with Gasteiger partial charge in [0.05, 0.1) is 5.75 Å². The summed E-state index contributed by atoms with van der Waals surface area (Å²) in [7, 11) is 0. The van der Waals surface area contributed by atoms with Crippen molar-refractivity contribution >= 4 is 34.0 Å². The van der Waals surface area contributed by atoms with Gasteiger partial charge in [-0.15, -0.1) is 0 Å². The van der Waals surface area contributed by atoms with Crippen molar-refractivity contribution in [3.63, 3.8) is 0 Å². The molecule has 0 bridgehead atoms. The largest absolute Gasteiger partial charge is 0.389 e. The molecule has 0 saturated carbocycles. The predicted octanol–water partition coefficient (Wildman–Crippen LogP) is 3.94. The number of benzene rings is 2. The number of nitrogens with one attached hydrogen (secondary N) is 1. The van der Waals surface area contributed by atoms with Crippen molar-refractivity contribution in [1.82, 2.24) is 10.3 Å². The summed E-state index contributed by atoms with van der Waals surface area (Å²) >= 11 is 2.73. The first-order chi connectivity index (χ1) is 12.1. The summed E-state index contributed by atoms with van der Waals surface area (Å²) in [6.45, 7) is 0.370. The van der Waals surface area contributed by atoms with E-state index in [-0.39, 0.29) is 17.5 Å². The summed E-state index contributed by atoms with van der Waals surface area (Å²) in [5, 5.41) is 3.44. The van der Waals surface area contributed by atoms with Crippen LogP contribution in [0.4, 0.5) is 9.39 Å². The molecule has 128 valence electrons. The molecule has 3 N–H and O–H groups in total. The van der Waals surface area contributed by atoms with E-state index >= 15 is 0 Å². The lowest BCUT2D eigenvalue weighted by Gasteiger charge is -2.04. The van der Waals surface area contributed by atoms with E-state index in [4.69, 9.17) is 5.73 Å². The highest BCUT2D eigenvalue weighted by Gasteiger charge is 2.12. The number of carbonyl (C=O) groups excluding carboxylic acids is 1. The Kier molecular flexibility index (Phi) is 5.67. The number of rotatable bonds is 6. The quantitative estimate of drug-likeness (QED) is 0.642. The first-order valence-electron chi connectivity index (χ1n) is 7.57. The second-order valence-corrected chi connectivity index (χ2v) is 7.50. The van der Waals surface area contributed by atoms with Gasteiger partial charge in [0.1, 0.15) is 16.5 Å². The van der Waals surface area contributed by atoms with Crippen LogP contribution in [0.15, 0.2) is 58.9 Å². The van der Waals surface area contributed by atoms with E-state index in [1.165, 1.54) is 35.2 Å². The van der Waals surface area contributed by atoms with Gasteiger partial charge in [0, 0.05) is 12.1 Å². The second-order valence-electron chi connectivity index (χ2n) is 5.25. The Morgan fingerprint density at radius 1 is 1.16 bits per heavy atom. The maximum Gasteiger partial charge on any atom is 0.230 e. The minimum atomic E-state index is -0.291. The lowest BCUT2D eigenvalue weighted by Crippen LogP contribution is -2.24. The number of nitrogens with two attached hydrogens (primary N) is 1. The second kappa shape index (κ2) is 8.13. The summed E-state index contributed by atoms with van der Waals surface area (Å²) in [6.07, 6.45) is 0. The maximum absolute atomic E-state index is 12.8. The molecule has 0 aliphatic carbocycles. The molecular weight excluding hydrogens is 357 g/mol. The highest BCUT2D eigenvalue weighted by Crippen LogP contribution is 2.35. The van der Waals surface area contributed by atoms with Crippen LogP contribution in [-0.4, -0.2) is 16.6 Å². The molecule has 1 amide bonds. The van der Waals surface area contributed by atoms with Crippen molar-refractivity contribution in [2.24, 2.45) is 0 Å². The van der Waals surface area contributed by atoms with Gasteiger partial charge in [-0.3, -0.25) is 4.79 Å². The monoisotopic (exact) mass is 373 g/mol. The summed E-state index contributed by atoms with van der Waals surface area (Å²) in [5.41, 5.74) is 8.60. The molecule has 7 heteroatoms. The Morgan fingerprint density at radius 2 is 1.88 bits per heavy atom. The predicted molar refractivity (Wildman–Crippen MR) is 101 cm³/mol. The molecule has 3 aromatic rings. The standard InChI is InChI=1S/C18H16FN3OS2/c19-14-8-6-12(7-9-14)10-21-15(23)11-24-18-22-16(17(20)25-18)13-4-2-1-3-5-13/h1-9H,10-11,20H2,(H,21,23). The minimum Gasteiger partial charge on any atom is -0.389 e. The zero-order valence-electron chi connectivity index (χ0n) is 13.2. The smallest absolute Gasteiger partial charge is 0.230 e. The van der Waals surface area contributed by atoms with Gasteiger partial charge in [0.25, 0.3) is 0 Å². The van der Waals surface area contributed by atoms with Gasteiger partial charge < -0.3 is 11.1 Å². The number of halogens is 1. The molecule has 0 radical (unpaired) electrons. The summed E-state index contributed by atoms with van der Waals surface area (Å²) in [6, 6.07) is 15.8. The molecule has 3 rings (SSSR count). The lowest BCUT2D eigenvalue weighted by molar-refractivity contribution is -0.118. The Morgan fingerprint density at radius 3 is 2.60 bits per heavy atom. The average molecular weight is 373 g/mol. The fourth-order valence-electron chi connectivity index (χ4n) is 2.16. The number of aromatic nitrogens is 1. The van der Waals surface area contributed by atoms with Crippen LogP contribution in [0.2, 0.25) is 0 Å². The van der Waals surface area contributed by atoms with Crippen molar-refractivity contribution in [1.29, 1.82) is 0 Å². The SMILES string of the molecule is Nc1sc(SCC(=O)NCc2ccc(F)cc2)nc1-c1ccccc1. The van der Waals surface area contributed by atoms with E-state index in [0.29, 0.717) is 11.5 Å². The van der Waals surface area contributed by atoms with E-state index in [0.717, 1.165) is 21.2 Å². The van der Waals surface area contributed by atoms with Crippen LogP contribution in [-0.2, 0) is 11.3 Å². The number of amides is 1. The van der Waals surface area contributed by atoms with Gasteiger partial charge in [-0.05, 0) is 17.7 Å². The molecule has 2 aromatic carbocycles. The Balaban J connectivity index is 1.53. The first-order valence-corrected chi connectivity index (χ1v) is 9.37. The fraction of sp³-hybridized carbons (Fsp3) is 0.111. The number of nitrogens with zero attached hydrogens (tertiary/aromatic N) is 1. The number of thiazole rings is 1. The number of thioether (sulfide) groups is 1. The molecule has 0 spiro atoms. The van der Waals surface area contributed by atoms with E-state index < -0.39 is 0 Å². The van der Waals surface area contributed by atoms with Gasteiger partial charge in [-0.25, -0.2) is 9.37 Å². The molecule has 1 aromatic heterocycles. The van der Waals surface area contributed by atoms with Crippen LogP contribution in [0.5, 0.6) is 0 Å². The molecule has 4 nitrogen and oxygen atoms in total. The Labute approximate surface area is 153 Å². The number of nitrogen functional groups attached to an aromatic ring is 1. The molecule has 0 atom stereocenters. The van der Waals surface area contributed by atoms with E-state index in [1.54, 1.807) is 12.1 Å². The van der Waals surface area contributed by atoms with Gasteiger partial charge in [0.2, 0.25) is 5.91 Å². The zero-order chi connectivity index (χ0) is 17.6. The van der Waals surface area contributed by atoms with E-state index in [1.807, 2.05) is 30.3 Å². The number of carbonyl (C=O) groups is 1. The highest BCUT2D eigenvalue weighted by atomic mass is 32.2. The van der Waals surface area contributed by atoms with Crippen LogP contribution in [0.25, 0.3) is 11.3 Å². The van der Waals surface area contributed by atoms with Crippen LogP contribution in [0, 0.1) is 5.82 Å². The topological polar surface area (TPSA) is 68.0 Å². The van der Waals surface area contributed by atoms with Crippen molar-refractivity contribution in [2.75, 3.05) is 11.5 Å². The van der Waals surface area contributed by atoms with Gasteiger partial charge in [-0.2, -0.15) is 0 Å². The number of hydrogen-bond acceptors (Lipinski definition) is 5. The van der Waals surface area contributed by atoms with Crippen LogP contribution in [0.3, 0.4) is 0 Å². The van der Waals surface area contributed by atoms with Crippen molar-refractivity contribution < 1.29 is 9.18 Å². The van der Waals surface area contributed by atoms with Gasteiger partial charge in [0.15, 0.2) is 4.34 Å². The van der Waals surface area contributed by atoms with Crippen LogP contribution >= 0.6 is 23.1 Å². The fourth-order valence-corrected chi connectivity index (χ4v) is 3.94. The molecule has 0 fully saturated rings. The average Bonchev–Trinajstić information content (AvgIpc) is 3.01. The maximum atomic E-state index is 12.8. The third-order valence-electron chi connectivity index (χ3n) is 3.41. The summed E-state index contributed by atoms with van der Waals surface area (Å²) in [5.74, 6) is -0.145. The van der Waals surface area contributed by atoms with Crippen molar-refractivity contribution in [3.8, 4) is 11.3 Å². The summed E-state index contributed by atoms with van der Waals surface area (Å²) < 4.78 is 13.6. The zero-order valence-corrected chi connectivity index (χ0v) is 14.9. The molecule has 0 aliphatic rings. The highest BCUT2D eigenvalue weighted by molar-refractivity contribution is 8.01. The van der Waals surface area contributed by atoms with Crippen molar-refractivity contribution in [2.45, 2.75) is 10.9 Å². The molecular formula is C18H16FN3OS2. The third kappa shape index (κ3) is 4.80. The minimum absolute atomic E-state index is 0.107. The van der Waals surface area contributed by atoms with Crippen LogP contribution < -0.4 is 11.1 Å². The van der Waals surface area contributed by atoms with Gasteiger partial charge in [-0.1, -0.05) is 65.6 Å². The normalized spacial score (nSPS) is 10.6. The summed E-state index contributed by atoms with van der Waals surface area (Å²) in [4.78, 5) is 16.5. The molecule has 25 heavy (non-hydrogen) atoms. The van der Waals surface area contributed by atoms with Crippen LogP contribution in [0.1, 0.15) is 5.56 Å². The van der Waals surface area contributed by atoms with E-state index in [2.05, 4.69) is 10.3 Å². The first kappa shape index (κ1) is 17.4. The Bertz CT molecular complexity index is 851.